The van der Waals surface area contributed by atoms with E-state index >= 15 is 0 Å². The molecule has 0 saturated carbocycles. The van der Waals surface area contributed by atoms with Gasteiger partial charge in [-0.3, -0.25) is 4.79 Å². The van der Waals surface area contributed by atoms with Gasteiger partial charge in [0.2, 0.25) is 0 Å². The zero-order valence-electron chi connectivity index (χ0n) is 16.2. The summed E-state index contributed by atoms with van der Waals surface area (Å²) in [5, 5.41) is 11.3. The molecule has 7 nitrogen and oxygen atoms in total. The molecular formula is C22H21N5O2. The van der Waals surface area contributed by atoms with Gasteiger partial charge >= 0.3 is 0 Å². The fraction of sp³-hybridized carbons (Fsp3) is 0.136. The Labute approximate surface area is 168 Å². The molecule has 146 valence electrons. The van der Waals surface area contributed by atoms with Gasteiger partial charge in [-0.1, -0.05) is 29.5 Å². The summed E-state index contributed by atoms with van der Waals surface area (Å²) >= 11 is 0. The third kappa shape index (κ3) is 4.03. The van der Waals surface area contributed by atoms with E-state index in [-0.39, 0.29) is 11.6 Å². The molecule has 0 radical (unpaired) electrons. The first-order valence-corrected chi connectivity index (χ1v) is 9.22. The number of carbonyl (C=O) groups excluding carboxylic acids is 1. The van der Waals surface area contributed by atoms with Crippen molar-refractivity contribution in [2.45, 2.75) is 13.5 Å². The van der Waals surface area contributed by atoms with Crippen LogP contribution in [0.15, 0.2) is 73.1 Å². The Balaban J connectivity index is 1.66. The lowest BCUT2D eigenvalue weighted by atomic mass is 10.2. The van der Waals surface area contributed by atoms with Crippen LogP contribution in [0.25, 0.3) is 5.82 Å². The van der Waals surface area contributed by atoms with Crippen LogP contribution in [0.2, 0.25) is 0 Å². The summed E-state index contributed by atoms with van der Waals surface area (Å²) in [4.78, 5) is 12.9. The molecule has 0 saturated heterocycles. The molecule has 1 amide bonds. The Morgan fingerprint density at radius 3 is 2.52 bits per heavy atom. The Hall–Kier alpha value is -3.87. The van der Waals surface area contributed by atoms with Crippen LogP contribution in [0, 0.1) is 6.92 Å². The molecular weight excluding hydrogens is 366 g/mol. The predicted octanol–water partition coefficient (Wildman–Crippen LogP) is 3.69. The molecule has 0 atom stereocenters. The summed E-state index contributed by atoms with van der Waals surface area (Å²) in [6.45, 7) is 2.45. The number of hydrogen-bond donors (Lipinski definition) is 1. The summed E-state index contributed by atoms with van der Waals surface area (Å²) < 4.78 is 8.77. The number of carbonyl (C=O) groups is 1. The average Bonchev–Trinajstić information content (AvgIpc) is 3.38. The highest BCUT2D eigenvalue weighted by Gasteiger charge is 2.21. The Kier molecular flexibility index (Phi) is 5.11. The third-order valence-electron chi connectivity index (χ3n) is 4.54. The first-order chi connectivity index (χ1) is 14.1. The van der Waals surface area contributed by atoms with Gasteiger partial charge in [0.1, 0.15) is 5.75 Å². The lowest BCUT2D eigenvalue weighted by Gasteiger charge is -2.10. The number of benzene rings is 2. The van der Waals surface area contributed by atoms with Gasteiger partial charge in [-0.05, 0) is 54.4 Å². The van der Waals surface area contributed by atoms with E-state index in [2.05, 4.69) is 15.6 Å². The van der Waals surface area contributed by atoms with E-state index in [0.717, 1.165) is 22.6 Å². The zero-order valence-corrected chi connectivity index (χ0v) is 16.2. The highest BCUT2D eigenvalue weighted by atomic mass is 16.5. The van der Waals surface area contributed by atoms with Gasteiger partial charge < -0.3 is 14.6 Å². The summed E-state index contributed by atoms with van der Waals surface area (Å²) in [6.07, 6.45) is 3.74. The molecule has 2 aromatic carbocycles. The SMILES string of the molecule is COc1ccc(Cn2nnc(C(=O)Nc3cccc(C)c3)c2-n2cccc2)cc1. The predicted molar refractivity (Wildman–Crippen MR) is 111 cm³/mol. The van der Waals surface area contributed by atoms with Crippen LogP contribution in [0.1, 0.15) is 21.6 Å². The average molecular weight is 387 g/mol. The van der Waals surface area contributed by atoms with Crippen molar-refractivity contribution in [3.8, 4) is 11.6 Å². The van der Waals surface area contributed by atoms with Crippen molar-refractivity contribution in [3.05, 3.63) is 89.9 Å². The minimum atomic E-state index is -0.305. The lowest BCUT2D eigenvalue weighted by Crippen LogP contribution is -2.16. The van der Waals surface area contributed by atoms with Crippen molar-refractivity contribution < 1.29 is 9.53 Å². The summed E-state index contributed by atoms with van der Waals surface area (Å²) in [5.74, 6) is 1.09. The third-order valence-corrected chi connectivity index (χ3v) is 4.54. The van der Waals surface area contributed by atoms with Crippen LogP contribution in [-0.4, -0.2) is 32.6 Å². The largest absolute Gasteiger partial charge is 0.497 e. The molecule has 2 heterocycles. The fourth-order valence-electron chi connectivity index (χ4n) is 3.11. The van der Waals surface area contributed by atoms with E-state index in [0.29, 0.717) is 12.4 Å². The summed E-state index contributed by atoms with van der Waals surface area (Å²) in [5.41, 5.74) is 3.07. The van der Waals surface area contributed by atoms with Crippen molar-refractivity contribution in [2.75, 3.05) is 12.4 Å². The molecule has 0 aliphatic rings. The number of rotatable bonds is 6. The van der Waals surface area contributed by atoms with E-state index in [1.807, 2.05) is 84.5 Å². The number of nitrogens with zero attached hydrogens (tertiary/aromatic N) is 4. The van der Waals surface area contributed by atoms with E-state index < -0.39 is 0 Å². The maximum absolute atomic E-state index is 12.9. The van der Waals surface area contributed by atoms with Crippen LogP contribution in [0.4, 0.5) is 5.69 Å². The maximum atomic E-state index is 12.9. The molecule has 0 spiro atoms. The number of amides is 1. The van der Waals surface area contributed by atoms with Crippen LogP contribution < -0.4 is 10.1 Å². The number of aryl methyl sites for hydroxylation is 1. The number of hydrogen-bond acceptors (Lipinski definition) is 4. The number of aromatic nitrogens is 4. The molecule has 7 heteroatoms. The molecule has 0 aliphatic heterocycles. The second-order valence-electron chi connectivity index (χ2n) is 6.68. The Morgan fingerprint density at radius 2 is 1.83 bits per heavy atom. The molecule has 1 N–H and O–H groups in total. The molecule has 4 aromatic rings. The second-order valence-corrected chi connectivity index (χ2v) is 6.68. The van der Waals surface area contributed by atoms with Gasteiger partial charge in [-0.15, -0.1) is 5.10 Å². The van der Waals surface area contributed by atoms with Crippen molar-refractivity contribution >= 4 is 11.6 Å². The van der Waals surface area contributed by atoms with Crippen LogP contribution >= 0.6 is 0 Å². The minimum absolute atomic E-state index is 0.260. The smallest absolute Gasteiger partial charge is 0.280 e. The topological polar surface area (TPSA) is 74.0 Å². The van der Waals surface area contributed by atoms with Crippen LogP contribution in [-0.2, 0) is 6.54 Å². The van der Waals surface area contributed by atoms with E-state index in [9.17, 15) is 4.79 Å². The number of anilines is 1. The van der Waals surface area contributed by atoms with Crippen molar-refractivity contribution in [3.63, 3.8) is 0 Å². The molecule has 0 bridgehead atoms. The van der Waals surface area contributed by atoms with Crippen molar-refractivity contribution in [2.24, 2.45) is 0 Å². The second kappa shape index (κ2) is 8.02. The fourth-order valence-corrected chi connectivity index (χ4v) is 3.11. The molecule has 0 unspecified atom stereocenters. The van der Waals surface area contributed by atoms with Gasteiger partial charge in [0.15, 0.2) is 11.5 Å². The first-order valence-electron chi connectivity index (χ1n) is 9.22. The normalized spacial score (nSPS) is 10.7. The van der Waals surface area contributed by atoms with E-state index in [4.69, 9.17) is 4.74 Å². The van der Waals surface area contributed by atoms with Crippen LogP contribution in [0.5, 0.6) is 5.75 Å². The Bertz CT molecular complexity index is 1110. The van der Waals surface area contributed by atoms with Gasteiger partial charge in [0.05, 0.1) is 13.7 Å². The quantitative estimate of drug-likeness (QED) is 0.548. The zero-order chi connectivity index (χ0) is 20.2. The van der Waals surface area contributed by atoms with Crippen molar-refractivity contribution in [1.82, 2.24) is 19.6 Å². The lowest BCUT2D eigenvalue weighted by molar-refractivity contribution is 0.102. The van der Waals surface area contributed by atoms with Crippen LogP contribution in [0.3, 0.4) is 0 Å². The van der Waals surface area contributed by atoms with E-state index in [1.165, 1.54) is 0 Å². The first kappa shape index (κ1) is 18.5. The Morgan fingerprint density at radius 1 is 1.07 bits per heavy atom. The highest BCUT2D eigenvalue weighted by molar-refractivity contribution is 6.04. The highest BCUT2D eigenvalue weighted by Crippen LogP contribution is 2.18. The van der Waals surface area contributed by atoms with Gasteiger partial charge in [-0.2, -0.15) is 0 Å². The number of ether oxygens (including phenoxy) is 1. The standard InChI is InChI=1S/C22H21N5O2/c1-16-6-5-7-18(14-16)23-21(28)20-22(26-12-3-4-13-26)27(25-24-20)15-17-8-10-19(29-2)11-9-17/h3-14H,15H2,1-2H3,(H,23,28). The molecule has 4 rings (SSSR count). The van der Waals surface area contributed by atoms with Crippen molar-refractivity contribution in [1.29, 1.82) is 0 Å². The van der Waals surface area contributed by atoms with Gasteiger partial charge in [0.25, 0.3) is 5.91 Å². The monoisotopic (exact) mass is 387 g/mol. The summed E-state index contributed by atoms with van der Waals surface area (Å²) in [7, 11) is 1.63. The minimum Gasteiger partial charge on any atom is -0.497 e. The van der Waals surface area contributed by atoms with E-state index in [1.54, 1.807) is 11.8 Å². The number of nitrogens with one attached hydrogen (secondary N) is 1. The molecule has 2 aromatic heterocycles. The molecule has 0 aliphatic carbocycles. The maximum Gasteiger partial charge on any atom is 0.280 e. The number of methoxy groups -OCH3 is 1. The summed E-state index contributed by atoms with van der Waals surface area (Å²) in [6, 6.07) is 19.2. The molecule has 0 fully saturated rings. The van der Waals surface area contributed by atoms with Gasteiger partial charge in [-0.25, -0.2) is 4.68 Å². The van der Waals surface area contributed by atoms with Gasteiger partial charge in [0, 0.05) is 18.1 Å². The molecule has 29 heavy (non-hydrogen) atoms.